The maximum atomic E-state index is 13.3. The Morgan fingerprint density at radius 3 is 2.38 bits per heavy atom. The minimum Gasteiger partial charge on any atom is -0.479 e. The lowest BCUT2D eigenvalue weighted by Gasteiger charge is -2.09. The number of hydrogen-bond donors (Lipinski definition) is 1. The Bertz CT molecular complexity index is 725. The Labute approximate surface area is 139 Å². The summed E-state index contributed by atoms with van der Waals surface area (Å²) in [6.45, 7) is 2.93. The molecule has 2 rings (SSSR count). The second-order valence-electron chi connectivity index (χ2n) is 5.30. The van der Waals surface area contributed by atoms with Gasteiger partial charge >= 0.3 is 5.97 Å². The summed E-state index contributed by atoms with van der Waals surface area (Å²) in [6, 6.07) is 11.3. The van der Waals surface area contributed by atoms with Crippen molar-refractivity contribution in [1.29, 1.82) is 0 Å². The molecule has 2 aromatic carbocycles. The fourth-order valence-electron chi connectivity index (χ4n) is 2.13. The van der Waals surface area contributed by atoms with E-state index in [4.69, 9.17) is 9.47 Å². The van der Waals surface area contributed by atoms with Crippen molar-refractivity contribution in [2.24, 2.45) is 0 Å². The average molecular weight is 331 g/mol. The fourth-order valence-corrected chi connectivity index (χ4v) is 2.13. The van der Waals surface area contributed by atoms with Crippen LogP contribution in [0.2, 0.25) is 0 Å². The van der Waals surface area contributed by atoms with Gasteiger partial charge in [-0.25, -0.2) is 9.18 Å². The van der Waals surface area contributed by atoms with Crippen LogP contribution in [0, 0.1) is 19.7 Å². The van der Waals surface area contributed by atoms with Crippen molar-refractivity contribution >= 4 is 17.6 Å². The van der Waals surface area contributed by atoms with Crippen molar-refractivity contribution in [2.45, 2.75) is 13.8 Å². The Kier molecular flexibility index (Phi) is 5.89. The molecule has 0 bridgehead atoms. The summed E-state index contributed by atoms with van der Waals surface area (Å²) < 4.78 is 23.1. The molecular weight excluding hydrogens is 313 g/mol. The van der Waals surface area contributed by atoms with Gasteiger partial charge < -0.3 is 14.8 Å². The molecule has 0 atom stereocenters. The van der Waals surface area contributed by atoms with Crippen LogP contribution >= 0.6 is 0 Å². The van der Waals surface area contributed by atoms with Crippen molar-refractivity contribution in [3.05, 3.63) is 59.4 Å². The molecule has 6 heteroatoms. The quantitative estimate of drug-likeness (QED) is 0.827. The van der Waals surface area contributed by atoms with Gasteiger partial charge in [-0.05, 0) is 49.2 Å². The molecule has 0 saturated heterocycles. The van der Waals surface area contributed by atoms with Crippen molar-refractivity contribution in [1.82, 2.24) is 0 Å². The first-order chi connectivity index (χ1) is 11.4. The maximum absolute atomic E-state index is 13.3. The van der Waals surface area contributed by atoms with Crippen LogP contribution in [0.3, 0.4) is 0 Å². The second kappa shape index (κ2) is 8.10. The summed E-state index contributed by atoms with van der Waals surface area (Å²) in [5.74, 6) is -1.83. The van der Waals surface area contributed by atoms with Gasteiger partial charge in [0.25, 0.3) is 5.91 Å². The number of amides is 1. The fraction of sp³-hybridized carbons (Fsp3) is 0.222. The number of hydrogen-bond acceptors (Lipinski definition) is 4. The molecule has 2 aromatic rings. The lowest BCUT2D eigenvalue weighted by atomic mass is 10.1. The SMILES string of the molecule is Cc1cc(C)cc(NC(=O)COC(=O)COc2ccccc2F)c1. The van der Waals surface area contributed by atoms with E-state index in [1.165, 1.54) is 18.2 Å². The van der Waals surface area contributed by atoms with Crippen molar-refractivity contribution in [2.75, 3.05) is 18.5 Å². The second-order valence-corrected chi connectivity index (χ2v) is 5.30. The first kappa shape index (κ1) is 17.5. The minimum atomic E-state index is -0.756. The number of rotatable bonds is 6. The number of esters is 1. The van der Waals surface area contributed by atoms with Gasteiger partial charge in [0.15, 0.2) is 24.8 Å². The van der Waals surface area contributed by atoms with Crippen molar-refractivity contribution in [3.8, 4) is 5.75 Å². The smallest absolute Gasteiger partial charge is 0.344 e. The molecule has 126 valence electrons. The number of carbonyl (C=O) groups is 2. The third-order valence-electron chi connectivity index (χ3n) is 3.05. The van der Waals surface area contributed by atoms with Gasteiger partial charge in [-0.1, -0.05) is 18.2 Å². The minimum absolute atomic E-state index is 0.0471. The van der Waals surface area contributed by atoms with Gasteiger partial charge in [0.2, 0.25) is 0 Å². The zero-order valence-corrected chi connectivity index (χ0v) is 13.5. The summed E-state index contributed by atoms with van der Waals surface area (Å²) in [5.41, 5.74) is 2.66. The number of carbonyl (C=O) groups excluding carboxylic acids is 2. The van der Waals surface area contributed by atoms with E-state index in [0.717, 1.165) is 11.1 Å². The molecule has 0 aromatic heterocycles. The number of benzene rings is 2. The molecular formula is C18H18FNO4. The van der Waals surface area contributed by atoms with Crippen molar-refractivity contribution < 1.29 is 23.5 Å². The normalized spacial score (nSPS) is 10.1. The largest absolute Gasteiger partial charge is 0.479 e. The van der Waals surface area contributed by atoms with E-state index in [1.807, 2.05) is 32.0 Å². The number of para-hydroxylation sites is 1. The molecule has 0 aliphatic heterocycles. The molecule has 1 N–H and O–H groups in total. The third kappa shape index (κ3) is 5.39. The van der Waals surface area contributed by atoms with E-state index >= 15 is 0 Å². The highest BCUT2D eigenvalue weighted by Gasteiger charge is 2.10. The van der Waals surface area contributed by atoms with Crippen LogP contribution in [0.15, 0.2) is 42.5 Å². The third-order valence-corrected chi connectivity index (χ3v) is 3.05. The molecule has 0 unspecified atom stereocenters. The highest BCUT2D eigenvalue weighted by Crippen LogP contribution is 2.15. The standard InChI is InChI=1S/C18H18FNO4/c1-12-7-13(2)9-14(8-12)20-17(21)10-24-18(22)11-23-16-6-4-3-5-15(16)19/h3-9H,10-11H2,1-2H3,(H,20,21). The predicted molar refractivity (Wildman–Crippen MR) is 87.4 cm³/mol. The summed E-state index contributed by atoms with van der Waals surface area (Å²) in [4.78, 5) is 23.3. The van der Waals surface area contributed by atoms with E-state index in [1.54, 1.807) is 6.07 Å². The van der Waals surface area contributed by atoms with Gasteiger partial charge in [-0.2, -0.15) is 0 Å². The number of halogens is 1. The summed E-state index contributed by atoms with van der Waals surface area (Å²) in [5, 5.41) is 2.64. The Morgan fingerprint density at radius 1 is 1.04 bits per heavy atom. The number of ether oxygens (including phenoxy) is 2. The molecule has 0 aliphatic carbocycles. The monoisotopic (exact) mass is 331 g/mol. The maximum Gasteiger partial charge on any atom is 0.344 e. The molecule has 0 saturated carbocycles. The van der Waals surface area contributed by atoms with Gasteiger partial charge in [0.05, 0.1) is 0 Å². The van der Waals surface area contributed by atoms with E-state index in [0.29, 0.717) is 5.69 Å². The Morgan fingerprint density at radius 2 is 1.71 bits per heavy atom. The van der Waals surface area contributed by atoms with E-state index in [9.17, 15) is 14.0 Å². The van der Waals surface area contributed by atoms with E-state index in [-0.39, 0.29) is 5.75 Å². The molecule has 1 amide bonds. The van der Waals surface area contributed by atoms with Crippen LogP contribution in [0.4, 0.5) is 10.1 Å². The molecule has 0 heterocycles. The predicted octanol–water partition coefficient (Wildman–Crippen LogP) is 3.00. The van der Waals surface area contributed by atoms with E-state index < -0.39 is 30.9 Å². The summed E-state index contributed by atoms with van der Waals surface area (Å²) >= 11 is 0. The van der Waals surface area contributed by atoms with Gasteiger partial charge in [0, 0.05) is 5.69 Å². The Balaban J connectivity index is 1.77. The van der Waals surface area contributed by atoms with Crippen LogP contribution in [0.5, 0.6) is 5.75 Å². The Hall–Kier alpha value is -2.89. The van der Waals surface area contributed by atoms with Gasteiger partial charge in [0.1, 0.15) is 0 Å². The first-order valence-corrected chi connectivity index (χ1v) is 7.35. The van der Waals surface area contributed by atoms with Crippen LogP contribution in [-0.2, 0) is 14.3 Å². The van der Waals surface area contributed by atoms with Crippen LogP contribution in [0.25, 0.3) is 0 Å². The zero-order chi connectivity index (χ0) is 17.5. The number of anilines is 1. The molecule has 0 aliphatic rings. The van der Waals surface area contributed by atoms with Crippen LogP contribution in [0.1, 0.15) is 11.1 Å². The van der Waals surface area contributed by atoms with Crippen molar-refractivity contribution in [3.63, 3.8) is 0 Å². The van der Waals surface area contributed by atoms with E-state index in [2.05, 4.69) is 5.32 Å². The molecule has 0 fully saturated rings. The molecule has 0 radical (unpaired) electrons. The zero-order valence-electron chi connectivity index (χ0n) is 13.5. The van der Waals surface area contributed by atoms with Crippen LogP contribution < -0.4 is 10.1 Å². The van der Waals surface area contributed by atoms with Crippen LogP contribution in [-0.4, -0.2) is 25.1 Å². The molecule has 0 spiro atoms. The van der Waals surface area contributed by atoms with Gasteiger partial charge in [-0.3, -0.25) is 4.79 Å². The highest BCUT2D eigenvalue weighted by molar-refractivity contribution is 5.93. The molecule has 24 heavy (non-hydrogen) atoms. The summed E-state index contributed by atoms with van der Waals surface area (Å²) in [6.07, 6.45) is 0. The first-order valence-electron chi connectivity index (χ1n) is 7.35. The average Bonchev–Trinajstić information content (AvgIpc) is 2.51. The highest BCUT2D eigenvalue weighted by atomic mass is 19.1. The number of nitrogens with one attached hydrogen (secondary N) is 1. The lowest BCUT2D eigenvalue weighted by Crippen LogP contribution is -2.23. The lowest BCUT2D eigenvalue weighted by molar-refractivity contribution is -0.149. The van der Waals surface area contributed by atoms with Gasteiger partial charge in [-0.15, -0.1) is 0 Å². The topological polar surface area (TPSA) is 64.6 Å². The number of aryl methyl sites for hydroxylation is 2. The molecule has 5 nitrogen and oxygen atoms in total. The summed E-state index contributed by atoms with van der Waals surface area (Å²) in [7, 11) is 0.